The van der Waals surface area contributed by atoms with Crippen LogP contribution >= 0.6 is 0 Å². The monoisotopic (exact) mass is 148 g/mol. The third-order valence-corrected chi connectivity index (χ3v) is 1.60. The Labute approximate surface area is 65.0 Å². The summed E-state index contributed by atoms with van der Waals surface area (Å²) < 4.78 is 0. The molecule has 2 rings (SSSR count). The van der Waals surface area contributed by atoms with Gasteiger partial charge in [-0.25, -0.2) is 0 Å². The first-order valence-electron chi connectivity index (χ1n) is 3.53. The van der Waals surface area contributed by atoms with Gasteiger partial charge in [-0.1, -0.05) is 18.2 Å². The molecule has 1 aromatic rings. The summed E-state index contributed by atoms with van der Waals surface area (Å²) in [6.07, 6.45) is 4.35. The largest absolute Gasteiger partial charge is 0.298 e. The standard InChI is InChI=1S/C9H8O2/c1-2-6-9-8(4-1)5-3-7-10-11-9/h1-4,6-7H,5H2. The van der Waals surface area contributed by atoms with Gasteiger partial charge in [0.2, 0.25) is 0 Å². The van der Waals surface area contributed by atoms with Gasteiger partial charge in [0.1, 0.15) is 6.26 Å². The molecule has 0 aromatic heterocycles. The molecule has 56 valence electrons. The van der Waals surface area contributed by atoms with E-state index in [2.05, 4.69) is 0 Å². The number of allylic oxidation sites excluding steroid dienone is 1. The van der Waals surface area contributed by atoms with Crippen LogP contribution in [0.1, 0.15) is 5.56 Å². The fourth-order valence-corrected chi connectivity index (χ4v) is 1.05. The molecule has 1 heterocycles. The molecule has 1 aromatic carbocycles. The highest BCUT2D eigenvalue weighted by molar-refractivity contribution is 5.34. The summed E-state index contributed by atoms with van der Waals surface area (Å²) in [6.45, 7) is 0. The van der Waals surface area contributed by atoms with Gasteiger partial charge in [-0.3, -0.25) is 9.78 Å². The Hall–Kier alpha value is -1.44. The van der Waals surface area contributed by atoms with E-state index in [4.69, 9.17) is 9.78 Å². The summed E-state index contributed by atoms with van der Waals surface area (Å²) in [5.41, 5.74) is 1.15. The summed E-state index contributed by atoms with van der Waals surface area (Å²) in [4.78, 5) is 9.70. The van der Waals surface area contributed by atoms with Crippen molar-refractivity contribution in [2.75, 3.05) is 0 Å². The first-order chi connectivity index (χ1) is 5.47. The second-order valence-electron chi connectivity index (χ2n) is 2.36. The molecule has 11 heavy (non-hydrogen) atoms. The van der Waals surface area contributed by atoms with Crippen LogP contribution in [0.5, 0.6) is 5.75 Å². The molecule has 0 bridgehead atoms. The van der Waals surface area contributed by atoms with E-state index < -0.39 is 0 Å². The van der Waals surface area contributed by atoms with Crippen LogP contribution in [0.25, 0.3) is 0 Å². The second kappa shape index (κ2) is 2.66. The first kappa shape index (κ1) is 6.28. The molecule has 0 spiro atoms. The lowest BCUT2D eigenvalue weighted by Crippen LogP contribution is -1.90. The highest BCUT2D eigenvalue weighted by Gasteiger charge is 2.03. The van der Waals surface area contributed by atoms with Gasteiger partial charge in [0.25, 0.3) is 0 Å². The maximum absolute atomic E-state index is 4.96. The molecule has 0 amide bonds. The van der Waals surface area contributed by atoms with Gasteiger partial charge in [-0.2, -0.15) is 0 Å². The summed E-state index contributed by atoms with van der Waals surface area (Å²) in [7, 11) is 0. The molecular weight excluding hydrogens is 140 g/mol. The number of para-hydroxylation sites is 1. The molecule has 0 N–H and O–H groups in total. The van der Waals surface area contributed by atoms with Crippen LogP contribution in [0, 0.1) is 0 Å². The van der Waals surface area contributed by atoms with Gasteiger partial charge in [-0.15, -0.1) is 0 Å². The molecule has 0 saturated carbocycles. The second-order valence-corrected chi connectivity index (χ2v) is 2.36. The van der Waals surface area contributed by atoms with Gasteiger partial charge in [-0.05, 0) is 18.6 Å². The van der Waals surface area contributed by atoms with Crippen LogP contribution < -0.4 is 4.89 Å². The minimum atomic E-state index is 0.803. The van der Waals surface area contributed by atoms with Gasteiger partial charge in [0.05, 0.1) is 0 Å². The van der Waals surface area contributed by atoms with E-state index in [1.807, 2.05) is 30.3 Å². The molecule has 0 saturated heterocycles. The van der Waals surface area contributed by atoms with E-state index in [1.54, 1.807) is 6.26 Å². The molecule has 0 radical (unpaired) electrons. The summed E-state index contributed by atoms with van der Waals surface area (Å²) in [5.74, 6) is 0.803. The minimum Gasteiger partial charge on any atom is -0.298 e. The summed E-state index contributed by atoms with van der Waals surface area (Å²) in [6, 6.07) is 7.82. The Balaban J connectivity index is 2.40. The topological polar surface area (TPSA) is 18.5 Å². The fraction of sp³-hybridized carbons (Fsp3) is 0.111. The maximum Gasteiger partial charge on any atom is 0.182 e. The molecule has 0 atom stereocenters. The Bertz CT molecular complexity index is 279. The zero-order valence-electron chi connectivity index (χ0n) is 5.99. The average Bonchev–Trinajstić information content (AvgIpc) is 2.28. The van der Waals surface area contributed by atoms with Crippen molar-refractivity contribution in [3.8, 4) is 5.75 Å². The van der Waals surface area contributed by atoms with Crippen molar-refractivity contribution in [3.05, 3.63) is 42.2 Å². The average molecular weight is 148 g/mol. The number of fused-ring (bicyclic) bond motifs is 1. The van der Waals surface area contributed by atoms with E-state index in [9.17, 15) is 0 Å². The van der Waals surface area contributed by atoms with Crippen molar-refractivity contribution in [1.29, 1.82) is 0 Å². The van der Waals surface area contributed by atoms with Crippen LogP contribution in [0.4, 0.5) is 0 Å². The van der Waals surface area contributed by atoms with Gasteiger partial charge in [0.15, 0.2) is 5.75 Å². The molecule has 0 fully saturated rings. The summed E-state index contributed by atoms with van der Waals surface area (Å²) >= 11 is 0. The number of benzene rings is 1. The van der Waals surface area contributed by atoms with E-state index in [0.717, 1.165) is 17.7 Å². The van der Waals surface area contributed by atoms with Crippen molar-refractivity contribution >= 4 is 0 Å². The molecule has 2 nitrogen and oxygen atoms in total. The Morgan fingerprint density at radius 2 is 2.09 bits per heavy atom. The number of hydrogen-bond acceptors (Lipinski definition) is 2. The van der Waals surface area contributed by atoms with Gasteiger partial charge < -0.3 is 0 Å². The number of rotatable bonds is 0. The van der Waals surface area contributed by atoms with Crippen molar-refractivity contribution in [3.63, 3.8) is 0 Å². The maximum atomic E-state index is 4.96. The van der Waals surface area contributed by atoms with Crippen molar-refractivity contribution < 1.29 is 9.78 Å². The molecule has 0 unspecified atom stereocenters. The predicted octanol–water partition coefficient (Wildman–Crippen LogP) is 2.07. The lowest BCUT2D eigenvalue weighted by atomic mass is 10.1. The highest BCUT2D eigenvalue weighted by atomic mass is 17.2. The Kier molecular flexibility index (Phi) is 1.52. The fourth-order valence-electron chi connectivity index (χ4n) is 1.05. The highest BCUT2D eigenvalue weighted by Crippen LogP contribution is 2.20. The first-order valence-corrected chi connectivity index (χ1v) is 3.53. The number of hydrogen-bond donors (Lipinski definition) is 0. The van der Waals surface area contributed by atoms with E-state index >= 15 is 0 Å². The molecular formula is C9H8O2. The zero-order valence-corrected chi connectivity index (χ0v) is 5.99. The minimum absolute atomic E-state index is 0.803. The van der Waals surface area contributed by atoms with Crippen molar-refractivity contribution in [2.45, 2.75) is 6.42 Å². The third kappa shape index (κ3) is 1.19. The van der Waals surface area contributed by atoms with Crippen LogP contribution in [-0.2, 0) is 11.3 Å². The Morgan fingerprint density at radius 1 is 1.18 bits per heavy atom. The molecule has 1 aliphatic heterocycles. The normalized spacial score (nSPS) is 14.2. The predicted molar refractivity (Wildman–Crippen MR) is 41.0 cm³/mol. The van der Waals surface area contributed by atoms with Gasteiger partial charge in [0, 0.05) is 5.56 Å². The molecule has 1 aliphatic rings. The van der Waals surface area contributed by atoms with Gasteiger partial charge >= 0.3 is 0 Å². The van der Waals surface area contributed by atoms with E-state index in [1.165, 1.54) is 0 Å². The quantitative estimate of drug-likeness (QED) is 0.524. The third-order valence-electron chi connectivity index (χ3n) is 1.60. The van der Waals surface area contributed by atoms with Crippen molar-refractivity contribution in [1.82, 2.24) is 0 Å². The lowest BCUT2D eigenvalue weighted by molar-refractivity contribution is -0.148. The van der Waals surface area contributed by atoms with Crippen LogP contribution in [0.15, 0.2) is 36.6 Å². The van der Waals surface area contributed by atoms with Crippen LogP contribution in [0.3, 0.4) is 0 Å². The Morgan fingerprint density at radius 3 is 3.09 bits per heavy atom. The molecule has 0 aliphatic carbocycles. The van der Waals surface area contributed by atoms with Crippen LogP contribution in [-0.4, -0.2) is 0 Å². The lowest BCUT2D eigenvalue weighted by Gasteiger charge is -2.02. The SMILES string of the molecule is C1=COOc2ccccc2C1. The van der Waals surface area contributed by atoms with Crippen molar-refractivity contribution in [2.24, 2.45) is 0 Å². The van der Waals surface area contributed by atoms with E-state index in [0.29, 0.717) is 0 Å². The zero-order chi connectivity index (χ0) is 7.52. The smallest absolute Gasteiger partial charge is 0.182 e. The van der Waals surface area contributed by atoms with Crippen LogP contribution in [0.2, 0.25) is 0 Å². The summed E-state index contributed by atoms with van der Waals surface area (Å²) in [5, 5.41) is 0. The molecule has 2 heteroatoms. The van der Waals surface area contributed by atoms with E-state index in [-0.39, 0.29) is 0 Å².